The van der Waals surface area contributed by atoms with Crippen LogP contribution in [0.25, 0.3) is 11.0 Å². The number of nitrogens with two attached hydrogens (primary N) is 2. The Balaban J connectivity index is 1.52. The maximum atomic E-state index is 9.13. The first kappa shape index (κ1) is 21.5. The van der Waals surface area contributed by atoms with Crippen LogP contribution in [0.2, 0.25) is 0 Å². The van der Waals surface area contributed by atoms with Crippen molar-refractivity contribution in [3.63, 3.8) is 0 Å². The first-order valence-electron chi connectivity index (χ1n) is 10.4. The van der Waals surface area contributed by atoms with Gasteiger partial charge >= 0.3 is 0 Å². The third-order valence-electron chi connectivity index (χ3n) is 4.89. The molecule has 1 aromatic carbocycles. The number of benzene rings is 1. The van der Waals surface area contributed by atoms with E-state index in [-0.39, 0.29) is 18.7 Å². The smallest absolute Gasteiger partial charge is 0.222 e. The van der Waals surface area contributed by atoms with Gasteiger partial charge in [0, 0.05) is 12.3 Å². The molecular formula is C22H26N8O2. The lowest BCUT2D eigenvalue weighted by Crippen LogP contribution is -2.30. The molecule has 0 spiro atoms. The van der Waals surface area contributed by atoms with Crippen molar-refractivity contribution in [1.29, 1.82) is 0 Å². The Morgan fingerprint density at radius 2 is 1.88 bits per heavy atom. The summed E-state index contributed by atoms with van der Waals surface area (Å²) in [5, 5.41) is 16.8. The number of aliphatic hydroxyl groups excluding tert-OH is 1. The van der Waals surface area contributed by atoms with Gasteiger partial charge in [0.2, 0.25) is 11.8 Å². The number of rotatable bonds is 9. The number of pyridine rings is 1. The van der Waals surface area contributed by atoms with Gasteiger partial charge < -0.3 is 26.6 Å². The topological polar surface area (TPSA) is 150 Å². The van der Waals surface area contributed by atoms with Crippen molar-refractivity contribution in [2.45, 2.75) is 39.1 Å². The lowest BCUT2D eigenvalue weighted by Gasteiger charge is -2.15. The van der Waals surface area contributed by atoms with Crippen LogP contribution in [0, 0.1) is 0 Å². The van der Waals surface area contributed by atoms with Crippen molar-refractivity contribution in [3.8, 4) is 11.6 Å². The standard InChI is InChI=1S/C22H26N8O2/c1-2-3-18(23)28-21-20-17(27-22(24)29-21)11-26-30(20)12-15-6-9-19(25-10-15)32-16-7-4-14(13-31)5-8-16/h4-11,18,31H,2-3,12-13,23H2,1H3,(H3,24,27,28,29). The van der Waals surface area contributed by atoms with E-state index >= 15 is 0 Å². The van der Waals surface area contributed by atoms with E-state index in [0.717, 1.165) is 29.5 Å². The Morgan fingerprint density at radius 3 is 2.56 bits per heavy atom. The van der Waals surface area contributed by atoms with Crippen LogP contribution in [0.3, 0.4) is 0 Å². The molecule has 10 heteroatoms. The molecular weight excluding hydrogens is 408 g/mol. The van der Waals surface area contributed by atoms with Crippen LogP contribution in [0.15, 0.2) is 48.8 Å². The summed E-state index contributed by atoms with van der Waals surface area (Å²) in [5.41, 5.74) is 15.1. The number of hydrogen-bond donors (Lipinski definition) is 4. The van der Waals surface area contributed by atoms with Crippen molar-refractivity contribution >= 4 is 22.8 Å². The summed E-state index contributed by atoms with van der Waals surface area (Å²) in [5.74, 6) is 1.85. The number of fused-ring (bicyclic) bond motifs is 1. The predicted molar refractivity (Wildman–Crippen MR) is 122 cm³/mol. The largest absolute Gasteiger partial charge is 0.439 e. The Morgan fingerprint density at radius 1 is 1.09 bits per heavy atom. The summed E-state index contributed by atoms with van der Waals surface area (Å²) in [6.45, 7) is 2.53. The highest BCUT2D eigenvalue weighted by atomic mass is 16.5. The molecule has 4 rings (SSSR count). The molecule has 0 saturated carbocycles. The summed E-state index contributed by atoms with van der Waals surface area (Å²) in [6, 6.07) is 10.9. The third kappa shape index (κ3) is 4.93. The highest BCUT2D eigenvalue weighted by Gasteiger charge is 2.15. The van der Waals surface area contributed by atoms with Crippen molar-refractivity contribution < 1.29 is 9.84 Å². The fraction of sp³-hybridized carbons (Fsp3) is 0.273. The average molecular weight is 435 g/mol. The summed E-state index contributed by atoms with van der Waals surface area (Å²) >= 11 is 0. The lowest BCUT2D eigenvalue weighted by molar-refractivity contribution is 0.281. The zero-order valence-corrected chi connectivity index (χ0v) is 17.8. The first-order valence-corrected chi connectivity index (χ1v) is 10.4. The van der Waals surface area contributed by atoms with E-state index in [1.807, 2.05) is 6.07 Å². The molecule has 3 aromatic heterocycles. The molecule has 0 saturated heterocycles. The molecule has 0 aliphatic heterocycles. The fourth-order valence-electron chi connectivity index (χ4n) is 3.32. The minimum Gasteiger partial charge on any atom is -0.439 e. The Bertz CT molecular complexity index is 1180. The molecule has 166 valence electrons. The van der Waals surface area contributed by atoms with Gasteiger partial charge in [-0.25, -0.2) is 9.97 Å². The van der Waals surface area contributed by atoms with E-state index < -0.39 is 0 Å². The molecule has 6 N–H and O–H groups in total. The van der Waals surface area contributed by atoms with E-state index in [1.54, 1.807) is 47.4 Å². The second-order valence-electron chi connectivity index (χ2n) is 7.41. The van der Waals surface area contributed by atoms with Gasteiger partial charge in [-0.05, 0) is 29.7 Å². The van der Waals surface area contributed by atoms with E-state index in [0.29, 0.717) is 29.5 Å². The molecule has 0 amide bonds. The number of hydrogen-bond acceptors (Lipinski definition) is 9. The fourth-order valence-corrected chi connectivity index (χ4v) is 3.32. The van der Waals surface area contributed by atoms with Gasteiger partial charge in [0.15, 0.2) is 5.82 Å². The number of anilines is 2. The molecule has 1 unspecified atom stereocenters. The van der Waals surface area contributed by atoms with Crippen LogP contribution < -0.4 is 21.5 Å². The highest BCUT2D eigenvalue weighted by Crippen LogP contribution is 2.24. The van der Waals surface area contributed by atoms with Crippen molar-refractivity contribution in [2.24, 2.45) is 5.73 Å². The molecule has 0 bridgehead atoms. The predicted octanol–water partition coefficient (Wildman–Crippen LogP) is 2.63. The molecule has 3 heterocycles. The van der Waals surface area contributed by atoms with Gasteiger partial charge in [-0.3, -0.25) is 4.68 Å². The average Bonchev–Trinajstić information content (AvgIpc) is 3.18. The second kappa shape index (κ2) is 9.58. The second-order valence-corrected chi connectivity index (χ2v) is 7.41. The third-order valence-corrected chi connectivity index (χ3v) is 4.89. The molecule has 1 atom stereocenters. The van der Waals surface area contributed by atoms with Crippen LogP contribution >= 0.6 is 0 Å². The first-order chi connectivity index (χ1) is 15.6. The van der Waals surface area contributed by atoms with Crippen molar-refractivity contribution in [3.05, 3.63) is 59.9 Å². The Hall–Kier alpha value is -3.76. The summed E-state index contributed by atoms with van der Waals surface area (Å²) < 4.78 is 7.56. The van der Waals surface area contributed by atoms with Crippen LogP contribution in [0.1, 0.15) is 30.9 Å². The number of aliphatic hydroxyl groups is 1. The van der Waals surface area contributed by atoms with Gasteiger partial charge in [-0.15, -0.1) is 0 Å². The van der Waals surface area contributed by atoms with Crippen molar-refractivity contribution in [2.75, 3.05) is 11.1 Å². The van der Waals surface area contributed by atoms with Gasteiger partial charge in [-0.1, -0.05) is 31.5 Å². The minimum absolute atomic E-state index is 0.00521. The summed E-state index contributed by atoms with van der Waals surface area (Å²) in [7, 11) is 0. The maximum Gasteiger partial charge on any atom is 0.222 e. The molecule has 0 aliphatic rings. The quantitative estimate of drug-likeness (QED) is 0.291. The molecule has 4 aromatic rings. The van der Waals surface area contributed by atoms with Crippen LogP contribution in [0.5, 0.6) is 11.6 Å². The van der Waals surface area contributed by atoms with E-state index in [2.05, 4.69) is 32.3 Å². The van der Waals surface area contributed by atoms with Gasteiger partial charge in [-0.2, -0.15) is 10.1 Å². The lowest BCUT2D eigenvalue weighted by atomic mass is 10.2. The van der Waals surface area contributed by atoms with E-state index in [9.17, 15) is 0 Å². The van der Waals surface area contributed by atoms with Crippen LogP contribution in [-0.2, 0) is 13.2 Å². The Kier molecular flexibility index (Phi) is 6.43. The molecule has 10 nitrogen and oxygen atoms in total. The molecule has 0 radical (unpaired) electrons. The van der Waals surface area contributed by atoms with Crippen LogP contribution in [-0.4, -0.2) is 36.0 Å². The number of nitrogens with one attached hydrogen (secondary N) is 1. The number of aromatic nitrogens is 5. The van der Waals surface area contributed by atoms with Crippen molar-refractivity contribution in [1.82, 2.24) is 24.7 Å². The van der Waals surface area contributed by atoms with E-state index in [4.69, 9.17) is 21.3 Å². The Labute approximate surface area is 185 Å². The number of nitrogens with zero attached hydrogens (tertiary/aromatic N) is 5. The number of nitrogen functional groups attached to an aromatic ring is 1. The van der Waals surface area contributed by atoms with Gasteiger partial charge in [0.25, 0.3) is 0 Å². The van der Waals surface area contributed by atoms with Gasteiger partial charge in [0.1, 0.15) is 16.8 Å². The summed E-state index contributed by atoms with van der Waals surface area (Å²) in [6.07, 6.45) is 4.89. The molecule has 0 aliphatic carbocycles. The number of ether oxygens (including phenoxy) is 1. The summed E-state index contributed by atoms with van der Waals surface area (Å²) in [4.78, 5) is 13.0. The monoisotopic (exact) mass is 434 g/mol. The SMILES string of the molecule is CCCC(N)Nc1nc(N)nc2cnn(Cc3ccc(Oc4ccc(CO)cc4)nc3)c12. The zero-order valence-electron chi connectivity index (χ0n) is 17.8. The van der Waals surface area contributed by atoms with Gasteiger partial charge in [0.05, 0.1) is 25.5 Å². The zero-order chi connectivity index (χ0) is 22.5. The molecule has 32 heavy (non-hydrogen) atoms. The normalized spacial score (nSPS) is 12.1. The van der Waals surface area contributed by atoms with Crippen LogP contribution in [0.4, 0.5) is 11.8 Å². The minimum atomic E-state index is -0.245. The highest BCUT2D eigenvalue weighted by molar-refractivity contribution is 5.86. The maximum absolute atomic E-state index is 9.13. The van der Waals surface area contributed by atoms with E-state index in [1.165, 1.54) is 0 Å². The molecule has 0 fully saturated rings.